The van der Waals surface area contributed by atoms with Crippen LogP contribution in [0.1, 0.15) is 33.3 Å². The second-order valence-corrected chi connectivity index (χ2v) is 8.50. The van der Waals surface area contributed by atoms with E-state index in [1.165, 1.54) is 4.90 Å². The fraction of sp³-hybridized carbons (Fsp3) is 0.684. The van der Waals surface area contributed by atoms with Crippen molar-refractivity contribution in [3.8, 4) is 0 Å². The minimum atomic E-state index is -4.12. The lowest BCUT2D eigenvalue weighted by Crippen LogP contribution is -2.48. The van der Waals surface area contributed by atoms with E-state index in [0.717, 1.165) is 17.6 Å². The number of nitrogens with zero attached hydrogens (tertiary/aromatic N) is 2. The lowest BCUT2D eigenvalue weighted by molar-refractivity contribution is -0.149. The van der Waals surface area contributed by atoms with Gasteiger partial charge < -0.3 is 9.31 Å². The number of piperazine rings is 1. The molecule has 27 heavy (non-hydrogen) atoms. The van der Waals surface area contributed by atoms with E-state index in [-0.39, 0.29) is 18.3 Å². The zero-order chi connectivity index (χ0) is 19.9. The van der Waals surface area contributed by atoms with Crippen molar-refractivity contribution in [2.45, 2.75) is 51.6 Å². The van der Waals surface area contributed by atoms with E-state index in [4.69, 9.17) is 9.31 Å². The van der Waals surface area contributed by atoms with Crippen LogP contribution in [0.15, 0.2) is 24.3 Å². The van der Waals surface area contributed by atoms with Gasteiger partial charge in [0.05, 0.1) is 17.7 Å². The molecule has 2 fully saturated rings. The second-order valence-electron chi connectivity index (χ2n) is 8.50. The van der Waals surface area contributed by atoms with Crippen LogP contribution in [0.2, 0.25) is 0 Å². The lowest BCUT2D eigenvalue weighted by Gasteiger charge is -2.35. The zero-order valence-electron chi connectivity index (χ0n) is 16.5. The third kappa shape index (κ3) is 5.05. The highest BCUT2D eigenvalue weighted by atomic mass is 19.4. The molecule has 0 amide bonds. The SMILES string of the molecule is CC1(C)OB(c2ccc(CN3CCN(CC(F)(F)F)CC3)cc2)OC1(C)C. The standard InChI is InChI=1S/C19H28BF3N2O2/c1-17(2)18(3,4)27-20(26-17)16-7-5-15(6-8-16)13-24-9-11-25(12-10-24)14-19(21,22)23/h5-8H,9-14H2,1-4H3. The smallest absolute Gasteiger partial charge is 0.399 e. The summed E-state index contributed by atoms with van der Waals surface area (Å²) >= 11 is 0. The van der Waals surface area contributed by atoms with Crippen LogP contribution in [0.25, 0.3) is 0 Å². The molecule has 0 atom stereocenters. The molecular formula is C19H28BF3N2O2. The van der Waals surface area contributed by atoms with Crippen LogP contribution in [0.3, 0.4) is 0 Å². The second kappa shape index (κ2) is 7.39. The van der Waals surface area contributed by atoms with E-state index in [9.17, 15) is 13.2 Å². The summed E-state index contributed by atoms with van der Waals surface area (Å²) in [6.45, 7) is 10.2. The van der Waals surface area contributed by atoms with Gasteiger partial charge in [-0.2, -0.15) is 13.2 Å². The number of alkyl halides is 3. The maximum Gasteiger partial charge on any atom is 0.494 e. The number of hydrogen-bond donors (Lipinski definition) is 0. The summed E-state index contributed by atoms with van der Waals surface area (Å²) in [7, 11) is -0.380. The van der Waals surface area contributed by atoms with Crippen LogP contribution in [0.5, 0.6) is 0 Å². The summed E-state index contributed by atoms with van der Waals surface area (Å²) in [5.74, 6) is 0. The van der Waals surface area contributed by atoms with Gasteiger partial charge in [-0.25, -0.2) is 0 Å². The van der Waals surface area contributed by atoms with Gasteiger partial charge in [-0.15, -0.1) is 0 Å². The predicted octanol–water partition coefficient (Wildman–Crippen LogP) is 2.67. The molecule has 2 aliphatic rings. The molecule has 2 heterocycles. The number of halogens is 3. The molecule has 150 valence electrons. The third-order valence-corrected chi connectivity index (χ3v) is 5.78. The average molecular weight is 384 g/mol. The Morgan fingerprint density at radius 2 is 1.37 bits per heavy atom. The Balaban J connectivity index is 1.52. The van der Waals surface area contributed by atoms with Gasteiger partial charge in [0, 0.05) is 32.7 Å². The highest BCUT2D eigenvalue weighted by Gasteiger charge is 2.51. The summed E-state index contributed by atoms with van der Waals surface area (Å²) in [5.41, 5.74) is 1.38. The minimum absolute atomic E-state index is 0.369. The molecule has 0 aliphatic carbocycles. The van der Waals surface area contributed by atoms with Crippen molar-refractivity contribution in [2.75, 3.05) is 32.7 Å². The summed E-state index contributed by atoms with van der Waals surface area (Å²) in [5, 5.41) is 0. The molecule has 0 bridgehead atoms. The van der Waals surface area contributed by atoms with Gasteiger partial charge in [-0.1, -0.05) is 24.3 Å². The van der Waals surface area contributed by atoms with Crippen LogP contribution in [-0.4, -0.2) is 67.0 Å². The number of rotatable bonds is 4. The van der Waals surface area contributed by atoms with E-state index in [2.05, 4.69) is 4.90 Å². The van der Waals surface area contributed by atoms with Crippen LogP contribution in [0.4, 0.5) is 13.2 Å². The molecule has 8 heteroatoms. The van der Waals surface area contributed by atoms with Gasteiger partial charge in [0.25, 0.3) is 0 Å². The first kappa shape index (κ1) is 20.6. The molecule has 2 aliphatic heterocycles. The normalized spacial score (nSPS) is 23.7. The first-order valence-electron chi connectivity index (χ1n) is 9.41. The third-order valence-electron chi connectivity index (χ3n) is 5.78. The molecule has 0 spiro atoms. The highest BCUT2D eigenvalue weighted by Crippen LogP contribution is 2.36. The average Bonchev–Trinajstić information content (AvgIpc) is 2.77. The largest absolute Gasteiger partial charge is 0.494 e. The van der Waals surface area contributed by atoms with E-state index in [1.54, 1.807) is 0 Å². The lowest BCUT2D eigenvalue weighted by atomic mass is 9.79. The molecule has 4 nitrogen and oxygen atoms in total. The van der Waals surface area contributed by atoms with Crippen LogP contribution in [-0.2, 0) is 15.9 Å². The minimum Gasteiger partial charge on any atom is -0.399 e. The Hall–Kier alpha value is -1.09. The van der Waals surface area contributed by atoms with Crippen LogP contribution in [0, 0.1) is 0 Å². The molecule has 0 radical (unpaired) electrons. The van der Waals surface area contributed by atoms with Gasteiger partial charge >= 0.3 is 13.3 Å². The predicted molar refractivity (Wildman–Crippen MR) is 99.9 cm³/mol. The van der Waals surface area contributed by atoms with Crippen molar-refractivity contribution in [1.29, 1.82) is 0 Å². The van der Waals surface area contributed by atoms with Crippen LogP contribution >= 0.6 is 0 Å². The Labute approximate surface area is 159 Å². The van der Waals surface area contributed by atoms with Gasteiger partial charge in [0.2, 0.25) is 0 Å². The quantitative estimate of drug-likeness (QED) is 0.746. The molecule has 0 N–H and O–H groups in total. The summed E-state index contributed by atoms with van der Waals surface area (Å²) in [4.78, 5) is 3.66. The molecule has 0 unspecified atom stereocenters. The molecule has 1 aromatic carbocycles. The van der Waals surface area contributed by atoms with Gasteiger partial charge in [0.1, 0.15) is 0 Å². The first-order chi connectivity index (χ1) is 12.5. The monoisotopic (exact) mass is 384 g/mol. The van der Waals surface area contributed by atoms with Crippen molar-refractivity contribution < 1.29 is 22.5 Å². The Bertz CT molecular complexity index is 625. The zero-order valence-corrected chi connectivity index (χ0v) is 16.5. The van der Waals surface area contributed by atoms with E-state index in [0.29, 0.717) is 26.2 Å². The maximum absolute atomic E-state index is 12.5. The van der Waals surface area contributed by atoms with Gasteiger partial charge in [-0.3, -0.25) is 9.80 Å². The molecule has 0 saturated carbocycles. The number of benzene rings is 1. The van der Waals surface area contributed by atoms with Crippen molar-refractivity contribution in [1.82, 2.24) is 9.80 Å². The molecular weight excluding hydrogens is 356 g/mol. The van der Waals surface area contributed by atoms with Crippen molar-refractivity contribution in [3.05, 3.63) is 29.8 Å². The summed E-state index contributed by atoms with van der Waals surface area (Å²) in [6, 6.07) is 8.11. The Morgan fingerprint density at radius 3 is 1.85 bits per heavy atom. The van der Waals surface area contributed by atoms with Crippen molar-refractivity contribution in [3.63, 3.8) is 0 Å². The fourth-order valence-corrected chi connectivity index (χ4v) is 3.38. The van der Waals surface area contributed by atoms with E-state index >= 15 is 0 Å². The fourth-order valence-electron chi connectivity index (χ4n) is 3.38. The van der Waals surface area contributed by atoms with E-state index in [1.807, 2.05) is 52.0 Å². The van der Waals surface area contributed by atoms with Crippen molar-refractivity contribution in [2.24, 2.45) is 0 Å². The van der Waals surface area contributed by atoms with Crippen LogP contribution < -0.4 is 5.46 Å². The molecule has 0 aromatic heterocycles. The summed E-state index contributed by atoms with van der Waals surface area (Å²) < 4.78 is 49.5. The Kier molecular flexibility index (Phi) is 5.65. The molecule has 1 aromatic rings. The maximum atomic E-state index is 12.5. The molecule has 3 rings (SSSR count). The van der Waals surface area contributed by atoms with Gasteiger partial charge in [-0.05, 0) is 38.7 Å². The number of hydrogen-bond acceptors (Lipinski definition) is 4. The van der Waals surface area contributed by atoms with E-state index < -0.39 is 12.7 Å². The van der Waals surface area contributed by atoms with Gasteiger partial charge in [0.15, 0.2) is 0 Å². The topological polar surface area (TPSA) is 24.9 Å². The van der Waals surface area contributed by atoms with Crippen molar-refractivity contribution >= 4 is 12.6 Å². The first-order valence-corrected chi connectivity index (χ1v) is 9.41. The highest BCUT2D eigenvalue weighted by molar-refractivity contribution is 6.62. The summed E-state index contributed by atoms with van der Waals surface area (Å²) in [6.07, 6.45) is -4.12. The molecule has 2 saturated heterocycles. The Morgan fingerprint density at radius 1 is 0.889 bits per heavy atom.